The van der Waals surface area contributed by atoms with Gasteiger partial charge in [-0.15, -0.1) is 0 Å². The van der Waals surface area contributed by atoms with Crippen molar-refractivity contribution >= 4 is 17.7 Å². The molecule has 0 spiro atoms. The maximum Gasteiger partial charge on any atom is 0.412 e. The third kappa shape index (κ3) is 8.70. The van der Waals surface area contributed by atoms with Gasteiger partial charge in [-0.05, 0) is 58.7 Å². The molecule has 0 saturated heterocycles. The Labute approximate surface area is 138 Å². The molecular weight excluding hydrogens is 292 g/mol. The number of amides is 1. The number of hydrogen-bond acceptors (Lipinski definition) is 3. The average molecular weight is 320 g/mol. The topological polar surface area (TPSA) is 88.7 Å². The van der Waals surface area contributed by atoms with Crippen molar-refractivity contribution in [2.75, 3.05) is 11.9 Å². The van der Waals surface area contributed by atoms with Gasteiger partial charge in [0, 0.05) is 18.3 Å². The molecule has 0 atom stereocenters. The highest BCUT2D eigenvalue weighted by Crippen LogP contribution is 2.13. The third-order valence-electron chi connectivity index (χ3n) is 2.72. The number of anilines is 1. The fourth-order valence-corrected chi connectivity index (χ4v) is 1.82. The van der Waals surface area contributed by atoms with Crippen LogP contribution in [0.1, 0.15) is 40.2 Å². The van der Waals surface area contributed by atoms with Gasteiger partial charge in [-0.1, -0.05) is 12.1 Å². The van der Waals surface area contributed by atoms with Crippen LogP contribution in [0.2, 0.25) is 0 Å². The van der Waals surface area contributed by atoms with E-state index in [2.05, 4.69) is 15.6 Å². The fourth-order valence-electron chi connectivity index (χ4n) is 1.82. The van der Waals surface area contributed by atoms with Gasteiger partial charge in [-0.25, -0.2) is 4.79 Å². The number of nitrogens with zero attached hydrogens (tertiary/aromatic N) is 1. The zero-order valence-electron chi connectivity index (χ0n) is 14.6. The summed E-state index contributed by atoms with van der Waals surface area (Å²) in [5, 5.41) is 5.75. The highest BCUT2D eigenvalue weighted by Gasteiger charge is 2.15. The molecule has 1 aromatic rings. The molecule has 1 rings (SSSR count). The Morgan fingerprint density at radius 3 is 2.39 bits per heavy atom. The molecule has 0 aliphatic heterocycles. The van der Waals surface area contributed by atoms with Gasteiger partial charge in [0.15, 0.2) is 5.96 Å². The van der Waals surface area contributed by atoms with Crippen molar-refractivity contribution in [1.29, 1.82) is 0 Å². The summed E-state index contributed by atoms with van der Waals surface area (Å²) in [5.74, 6) is 0.461. The molecule has 0 saturated carbocycles. The number of nitrogens with two attached hydrogens (primary N) is 1. The predicted octanol–water partition coefficient (Wildman–Crippen LogP) is 2.89. The maximum atomic E-state index is 11.7. The summed E-state index contributed by atoms with van der Waals surface area (Å²) >= 11 is 0. The van der Waals surface area contributed by atoms with E-state index in [1.807, 2.05) is 58.9 Å². The molecular formula is C17H28N4O2. The number of rotatable bonds is 5. The first-order valence-corrected chi connectivity index (χ1v) is 7.81. The predicted molar refractivity (Wildman–Crippen MR) is 94.8 cm³/mol. The van der Waals surface area contributed by atoms with Crippen molar-refractivity contribution < 1.29 is 9.53 Å². The van der Waals surface area contributed by atoms with Crippen molar-refractivity contribution in [2.45, 2.75) is 52.7 Å². The molecule has 0 aromatic heterocycles. The normalized spacial score (nSPS) is 12.2. The molecule has 0 radical (unpaired) electrons. The molecule has 0 bridgehead atoms. The van der Waals surface area contributed by atoms with Gasteiger partial charge >= 0.3 is 6.09 Å². The molecule has 6 nitrogen and oxygen atoms in total. The lowest BCUT2D eigenvalue weighted by Crippen LogP contribution is -2.36. The zero-order chi connectivity index (χ0) is 17.5. The van der Waals surface area contributed by atoms with Gasteiger partial charge in [0.2, 0.25) is 0 Å². The lowest BCUT2D eigenvalue weighted by atomic mass is 10.1. The number of guanidine groups is 1. The van der Waals surface area contributed by atoms with Crippen molar-refractivity contribution in [1.82, 2.24) is 5.32 Å². The van der Waals surface area contributed by atoms with Crippen LogP contribution in [-0.4, -0.2) is 30.2 Å². The number of benzene rings is 1. The number of ether oxygens (including phenoxy) is 1. The Morgan fingerprint density at radius 1 is 1.26 bits per heavy atom. The summed E-state index contributed by atoms with van der Waals surface area (Å²) in [6.07, 6.45) is 0.329. The second-order valence-corrected chi connectivity index (χ2v) is 6.64. The Balaban J connectivity index is 2.46. The van der Waals surface area contributed by atoms with Crippen LogP contribution in [0.15, 0.2) is 29.3 Å². The summed E-state index contributed by atoms with van der Waals surface area (Å²) in [4.78, 5) is 15.9. The minimum Gasteiger partial charge on any atom is -0.444 e. The van der Waals surface area contributed by atoms with Gasteiger partial charge in [-0.2, -0.15) is 0 Å². The Kier molecular flexibility index (Phi) is 6.88. The van der Waals surface area contributed by atoms with E-state index < -0.39 is 11.7 Å². The number of nitrogens with one attached hydrogen (secondary N) is 2. The van der Waals surface area contributed by atoms with E-state index in [9.17, 15) is 4.79 Å². The van der Waals surface area contributed by atoms with E-state index in [0.717, 1.165) is 12.0 Å². The average Bonchev–Trinajstić information content (AvgIpc) is 2.37. The van der Waals surface area contributed by atoms with Crippen molar-refractivity contribution in [3.8, 4) is 0 Å². The van der Waals surface area contributed by atoms with Crippen molar-refractivity contribution in [2.24, 2.45) is 10.7 Å². The first-order valence-electron chi connectivity index (χ1n) is 7.81. The van der Waals surface area contributed by atoms with E-state index in [1.54, 1.807) is 0 Å². The highest BCUT2D eigenvalue weighted by molar-refractivity contribution is 5.84. The highest BCUT2D eigenvalue weighted by atomic mass is 16.6. The molecule has 23 heavy (non-hydrogen) atoms. The molecule has 0 unspecified atom stereocenters. The van der Waals surface area contributed by atoms with Gasteiger partial charge in [0.05, 0.1) is 0 Å². The second kappa shape index (κ2) is 8.41. The van der Waals surface area contributed by atoms with E-state index in [1.165, 1.54) is 0 Å². The first-order chi connectivity index (χ1) is 10.7. The monoisotopic (exact) mass is 320 g/mol. The van der Waals surface area contributed by atoms with Crippen LogP contribution < -0.4 is 16.4 Å². The molecule has 0 aliphatic carbocycles. The lowest BCUT2D eigenvalue weighted by molar-refractivity contribution is 0.0636. The van der Waals surface area contributed by atoms with E-state index in [-0.39, 0.29) is 6.04 Å². The van der Waals surface area contributed by atoms with Gasteiger partial charge in [0.25, 0.3) is 0 Å². The molecule has 128 valence electrons. The Hall–Kier alpha value is -2.24. The van der Waals surface area contributed by atoms with Gasteiger partial charge in [-0.3, -0.25) is 10.3 Å². The Morgan fingerprint density at radius 2 is 1.87 bits per heavy atom. The summed E-state index contributed by atoms with van der Waals surface area (Å²) in [6, 6.07) is 7.87. The minimum absolute atomic E-state index is 0.275. The number of hydrogen-bond donors (Lipinski definition) is 3. The molecule has 0 aliphatic rings. The fraction of sp³-hybridized carbons (Fsp3) is 0.529. The lowest BCUT2D eigenvalue weighted by Gasteiger charge is -2.19. The van der Waals surface area contributed by atoms with Crippen LogP contribution in [0.5, 0.6) is 0 Å². The quantitative estimate of drug-likeness (QED) is 0.575. The van der Waals surface area contributed by atoms with E-state index >= 15 is 0 Å². The van der Waals surface area contributed by atoms with Gasteiger partial charge < -0.3 is 15.8 Å². The van der Waals surface area contributed by atoms with Crippen LogP contribution in [0.4, 0.5) is 10.5 Å². The third-order valence-corrected chi connectivity index (χ3v) is 2.72. The number of carbonyl (C=O) groups excluding carboxylic acids is 1. The first kappa shape index (κ1) is 18.8. The molecule has 6 heteroatoms. The smallest absolute Gasteiger partial charge is 0.412 e. The SMILES string of the molecule is CC(C)NC(N)=NCCc1ccc(NC(=O)OC(C)(C)C)cc1. The van der Waals surface area contributed by atoms with Crippen LogP contribution in [0.25, 0.3) is 0 Å². The Bertz CT molecular complexity index is 531. The number of aliphatic imine (C=N–C) groups is 1. The van der Waals surface area contributed by atoms with Crippen LogP contribution in [0, 0.1) is 0 Å². The van der Waals surface area contributed by atoms with Crippen molar-refractivity contribution in [3.05, 3.63) is 29.8 Å². The largest absolute Gasteiger partial charge is 0.444 e. The minimum atomic E-state index is -0.508. The van der Waals surface area contributed by atoms with Gasteiger partial charge in [0.1, 0.15) is 5.60 Å². The molecule has 1 aromatic carbocycles. The summed E-state index contributed by atoms with van der Waals surface area (Å²) in [6.45, 7) is 10.1. The summed E-state index contributed by atoms with van der Waals surface area (Å²) < 4.78 is 5.21. The number of carbonyl (C=O) groups is 1. The van der Waals surface area contributed by atoms with Crippen LogP contribution >= 0.6 is 0 Å². The van der Waals surface area contributed by atoms with Crippen molar-refractivity contribution in [3.63, 3.8) is 0 Å². The van der Waals surface area contributed by atoms with E-state index in [4.69, 9.17) is 10.5 Å². The standard InChI is InChI=1S/C17H28N4O2/c1-12(2)20-15(18)19-11-10-13-6-8-14(9-7-13)21-16(22)23-17(3,4)5/h6-9,12H,10-11H2,1-5H3,(H,21,22)(H3,18,19,20). The molecule has 0 heterocycles. The molecule has 0 fully saturated rings. The zero-order valence-corrected chi connectivity index (χ0v) is 14.6. The molecule has 4 N–H and O–H groups in total. The van der Waals surface area contributed by atoms with Crippen LogP contribution in [0.3, 0.4) is 0 Å². The van der Waals surface area contributed by atoms with Crippen LogP contribution in [-0.2, 0) is 11.2 Å². The molecule has 1 amide bonds. The summed E-state index contributed by atoms with van der Waals surface area (Å²) in [7, 11) is 0. The summed E-state index contributed by atoms with van der Waals surface area (Å²) in [5.41, 5.74) is 7.06. The maximum absolute atomic E-state index is 11.7. The second-order valence-electron chi connectivity index (χ2n) is 6.64. The van der Waals surface area contributed by atoms with E-state index in [0.29, 0.717) is 18.2 Å².